The Morgan fingerprint density at radius 2 is 1.75 bits per heavy atom. The van der Waals surface area contributed by atoms with Crippen LogP contribution in [0, 0.1) is 0 Å². The van der Waals surface area contributed by atoms with E-state index in [-0.39, 0.29) is 12.0 Å². The second-order valence-corrected chi connectivity index (χ2v) is 6.52. The molecule has 0 radical (unpaired) electrons. The van der Waals surface area contributed by atoms with E-state index in [0.29, 0.717) is 29.6 Å². The molecule has 0 fully saturated rings. The van der Waals surface area contributed by atoms with Gasteiger partial charge in [-0.15, -0.1) is 0 Å². The van der Waals surface area contributed by atoms with Gasteiger partial charge in [-0.2, -0.15) is 4.98 Å². The van der Waals surface area contributed by atoms with Crippen LogP contribution in [-0.2, 0) is 4.74 Å². The van der Waals surface area contributed by atoms with Gasteiger partial charge in [0.25, 0.3) is 0 Å². The second-order valence-electron chi connectivity index (χ2n) is 6.52. The summed E-state index contributed by atoms with van der Waals surface area (Å²) in [5.41, 5.74) is 2.87. The lowest BCUT2D eigenvalue weighted by molar-refractivity contribution is 0.0527. The average molecular weight is 376 g/mol. The quantitative estimate of drug-likeness (QED) is 0.572. The van der Waals surface area contributed by atoms with Crippen LogP contribution in [0.2, 0.25) is 0 Å². The van der Waals surface area contributed by atoms with Gasteiger partial charge in [0.05, 0.1) is 23.6 Å². The Kier molecular flexibility index (Phi) is 6.22. The van der Waals surface area contributed by atoms with Gasteiger partial charge in [0.1, 0.15) is 5.82 Å². The molecule has 0 aliphatic heterocycles. The number of aromatic nitrogens is 2. The molecule has 0 aliphatic rings. The Morgan fingerprint density at radius 1 is 1.04 bits per heavy atom. The summed E-state index contributed by atoms with van der Waals surface area (Å²) in [6.07, 6.45) is 0. The maximum Gasteiger partial charge on any atom is 0.340 e. The number of nitrogens with one attached hydrogen (secondary N) is 2. The minimum absolute atomic E-state index is 0.186. The maximum atomic E-state index is 12.2. The zero-order valence-electron chi connectivity index (χ0n) is 16.3. The van der Waals surface area contributed by atoms with Crippen LogP contribution in [-0.4, -0.2) is 28.6 Å². The molecule has 0 unspecified atom stereocenters. The van der Waals surface area contributed by atoms with Crippen molar-refractivity contribution in [2.24, 2.45) is 0 Å². The molecule has 1 heterocycles. The summed E-state index contributed by atoms with van der Waals surface area (Å²) in [7, 11) is 0. The minimum Gasteiger partial charge on any atom is -0.462 e. The van der Waals surface area contributed by atoms with Crippen LogP contribution in [0.3, 0.4) is 0 Å². The van der Waals surface area contributed by atoms with E-state index in [1.54, 1.807) is 19.1 Å². The number of carbonyl (C=O) groups is 1. The summed E-state index contributed by atoms with van der Waals surface area (Å²) < 4.78 is 5.15. The predicted octanol–water partition coefficient (Wildman–Crippen LogP) is 4.88. The number of anilines is 3. The van der Waals surface area contributed by atoms with Crippen molar-refractivity contribution < 1.29 is 9.53 Å². The Bertz CT molecular complexity index is 942. The topological polar surface area (TPSA) is 76.1 Å². The first-order valence-electron chi connectivity index (χ1n) is 9.31. The average Bonchev–Trinajstić information content (AvgIpc) is 2.68. The molecule has 144 valence electrons. The first-order valence-corrected chi connectivity index (χ1v) is 9.31. The number of carbonyl (C=O) groups excluding carboxylic acids is 1. The molecule has 0 bridgehead atoms. The van der Waals surface area contributed by atoms with E-state index in [2.05, 4.69) is 20.6 Å². The van der Waals surface area contributed by atoms with E-state index >= 15 is 0 Å². The lowest BCUT2D eigenvalue weighted by Gasteiger charge is -2.14. The van der Waals surface area contributed by atoms with E-state index in [1.165, 1.54) is 0 Å². The highest BCUT2D eigenvalue weighted by Gasteiger charge is 2.14. The number of nitrogens with zero attached hydrogens (tertiary/aromatic N) is 2. The normalized spacial score (nSPS) is 10.6. The standard InChI is InChI=1S/C22H24N4O2/c1-4-28-21(27)17-12-8-9-13-18(17)24-20-14-19(16-10-6-5-7-11-16)25-22(26-20)23-15(2)3/h5-15H,4H2,1-3H3,(H2,23,24,25,26). The van der Waals surface area contributed by atoms with Gasteiger partial charge < -0.3 is 15.4 Å². The number of ether oxygens (including phenoxy) is 1. The second kappa shape index (κ2) is 8.99. The maximum absolute atomic E-state index is 12.2. The number of hydrogen-bond donors (Lipinski definition) is 2. The molecule has 0 spiro atoms. The van der Waals surface area contributed by atoms with Gasteiger partial charge in [0.15, 0.2) is 0 Å². The largest absolute Gasteiger partial charge is 0.462 e. The number of hydrogen-bond acceptors (Lipinski definition) is 6. The van der Waals surface area contributed by atoms with Gasteiger partial charge in [0, 0.05) is 17.7 Å². The Morgan fingerprint density at radius 3 is 2.46 bits per heavy atom. The molecule has 0 amide bonds. The SMILES string of the molecule is CCOC(=O)c1ccccc1Nc1cc(-c2ccccc2)nc(NC(C)C)n1. The zero-order valence-corrected chi connectivity index (χ0v) is 16.3. The summed E-state index contributed by atoms with van der Waals surface area (Å²) in [6.45, 7) is 6.17. The molecule has 28 heavy (non-hydrogen) atoms. The molecule has 2 N–H and O–H groups in total. The van der Waals surface area contributed by atoms with Crippen molar-refractivity contribution in [3.8, 4) is 11.3 Å². The van der Waals surface area contributed by atoms with Crippen LogP contribution >= 0.6 is 0 Å². The molecule has 6 nitrogen and oxygen atoms in total. The first-order chi connectivity index (χ1) is 13.6. The van der Waals surface area contributed by atoms with E-state index in [9.17, 15) is 4.79 Å². The van der Waals surface area contributed by atoms with Crippen molar-refractivity contribution in [2.75, 3.05) is 17.2 Å². The molecular weight excluding hydrogens is 352 g/mol. The third kappa shape index (κ3) is 4.85. The number of esters is 1. The van der Waals surface area contributed by atoms with Gasteiger partial charge in [-0.25, -0.2) is 9.78 Å². The van der Waals surface area contributed by atoms with Gasteiger partial charge >= 0.3 is 5.97 Å². The van der Waals surface area contributed by atoms with E-state index in [1.807, 2.05) is 62.4 Å². The van der Waals surface area contributed by atoms with E-state index in [0.717, 1.165) is 11.3 Å². The monoisotopic (exact) mass is 376 g/mol. The lowest BCUT2D eigenvalue weighted by atomic mass is 10.1. The fraction of sp³-hybridized carbons (Fsp3) is 0.227. The number of benzene rings is 2. The van der Waals surface area contributed by atoms with Crippen molar-refractivity contribution in [1.29, 1.82) is 0 Å². The third-order valence-corrected chi connectivity index (χ3v) is 3.90. The molecule has 1 aromatic heterocycles. The highest BCUT2D eigenvalue weighted by Crippen LogP contribution is 2.25. The predicted molar refractivity (Wildman–Crippen MR) is 112 cm³/mol. The Labute approximate surface area is 165 Å². The smallest absolute Gasteiger partial charge is 0.340 e. The summed E-state index contributed by atoms with van der Waals surface area (Å²) in [5.74, 6) is 0.740. The third-order valence-electron chi connectivity index (χ3n) is 3.90. The van der Waals surface area contributed by atoms with Crippen molar-refractivity contribution >= 4 is 23.4 Å². The first kappa shape index (κ1) is 19.4. The number of para-hydroxylation sites is 1. The van der Waals surface area contributed by atoms with Crippen LogP contribution < -0.4 is 10.6 Å². The minimum atomic E-state index is -0.372. The van der Waals surface area contributed by atoms with Gasteiger partial charge in [-0.05, 0) is 32.9 Å². The van der Waals surface area contributed by atoms with E-state index in [4.69, 9.17) is 4.74 Å². The van der Waals surface area contributed by atoms with Crippen LogP contribution in [0.4, 0.5) is 17.5 Å². The van der Waals surface area contributed by atoms with Crippen LogP contribution in [0.15, 0.2) is 60.7 Å². The molecule has 0 aliphatic carbocycles. The van der Waals surface area contributed by atoms with Gasteiger partial charge in [-0.1, -0.05) is 42.5 Å². The lowest BCUT2D eigenvalue weighted by Crippen LogP contribution is -2.14. The van der Waals surface area contributed by atoms with Crippen LogP contribution in [0.1, 0.15) is 31.1 Å². The summed E-state index contributed by atoms with van der Waals surface area (Å²) in [6, 6.07) is 19.2. The fourth-order valence-electron chi connectivity index (χ4n) is 2.71. The van der Waals surface area contributed by atoms with Crippen LogP contribution in [0.25, 0.3) is 11.3 Å². The summed E-state index contributed by atoms with van der Waals surface area (Å²) in [4.78, 5) is 21.4. The Balaban J connectivity index is 1.99. The zero-order chi connectivity index (χ0) is 19.9. The molecule has 2 aromatic carbocycles. The molecule has 3 rings (SSSR count). The fourth-order valence-corrected chi connectivity index (χ4v) is 2.71. The molecule has 0 atom stereocenters. The molecule has 0 saturated carbocycles. The van der Waals surface area contributed by atoms with Crippen LogP contribution in [0.5, 0.6) is 0 Å². The molecular formula is C22H24N4O2. The Hall–Kier alpha value is -3.41. The number of rotatable bonds is 7. The highest BCUT2D eigenvalue weighted by molar-refractivity contribution is 5.96. The summed E-state index contributed by atoms with van der Waals surface area (Å²) in [5, 5.41) is 6.49. The van der Waals surface area contributed by atoms with E-state index < -0.39 is 0 Å². The highest BCUT2D eigenvalue weighted by atomic mass is 16.5. The molecule has 3 aromatic rings. The van der Waals surface area contributed by atoms with Crippen molar-refractivity contribution in [1.82, 2.24) is 9.97 Å². The van der Waals surface area contributed by atoms with Crippen molar-refractivity contribution in [2.45, 2.75) is 26.8 Å². The molecule has 0 saturated heterocycles. The van der Waals surface area contributed by atoms with Gasteiger partial charge in [0.2, 0.25) is 5.95 Å². The van der Waals surface area contributed by atoms with Crippen molar-refractivity contribution in [3.05, 3.63) is 66.2 Å². The van der Waals surface area contributed by atoms with Crippen molar-refractivity contribution in [3.63, 3.8) is 0 Å². The summed E-state index contributed by atoms with van der Waals surface area (Å²) >= 11 is 0. The van der Waals surface area contributed by atoms with Gasteiger partial charge in [-0.3, -0.25) is 0 Å². The molecule has 6 heteroatoms.